The molecule has 0 amide bonds. The van der Waals surface area contributed by atoms with Gasteiger partial charge in [0.05, 0.1) is 6.54 Å². The molecule has 2 rings (SSSR count). The van der Waals surface area contributed by atoms with Crippen LogP contribution < -0.4 is 0 Å². The average Bonchev–Trinajstić information content (AvgIpc) is 2.64. The van der Waals surface area contributed by atoms with Gasteiger partial charge in [0.15, 0.2) is 4.67 Å². The summed E-state index contributed by atoms with van der Waals surface area (Å²) in [4.78, 5) is 2.48. The largest absolute Gasteiger partial charge is 0.453 e. The van der Waals surface area contributed by atoms with Crippen LogP contribution in [0.3, 0.4) is 0 Å². The van der Waals surface area contributed by atoms with Crippen molar-refractivity contribution >= 4 is 27.7 Å². The normalized spacial score (nSPS) is 23.2. The first-order chi connectivity index (χ1) is 7.28. The van der Waals surface area contributed by atoms with Crippen LogP contribution in [-0.4, -0.2) is 29.0 Å². The van der Waals surface area contributed by atoms with Crippen molar-refractivity contribution in [2.24, 2.45) is 0 Å². The van der Waals surface area contributed by atoms with Crippen LogP contribution in [0, 0.1) is 0 Å². The fourth-order valence-electron chi connectivity index (χ4n) is 1.83. The molecule has 1 aromatic rings. The minimum Gasteiger partial charge on any atom is -0.453 e. The fraction of sp³-hybridized carbons (Fsp3) is 0.636. The van der Waals surface area contributed by atoms with E-state index in [1.165, 1.54) is 25.3 Å². The molecule has 2 nitrogen and oxygen atoms in total. The van der Waals surface area contributed by atoms with Crippen LogP contribution in [0.25, 0.3) is 0 Å². The second-order valence-electron chi connectivity index (χ2n) is 3.84. The van der Waals surface area contributed by atoms with Crippen molar-refractivity contribution in [1.29, 1.82) is 0 Å². The van der Waals surface area contributed by atoms with E-state index in [1.807, 2.05) is 12.1 Å². The molecular weight excluding hydrogens is 274 g/mol. The first-order valence-electron chi connectivity index (χ1n) is 5.36. The van der Waals surface area contributed by atoms with Crippen molar-refractivity contribution in [3.8, 4) is 0 Å². The molecule has 15 heavy (non-hydrogen) atoms. The number of hydrogen-bond acceptors (Lipinski definition) is 3. The van der Waals surface area contributed by atoms with Gasteiger partial charge in [-0.05, 0) is 34.5 Å². The Kier molecular flexibility index (Phi) is 4.17. The molecule has 1 saturated heterocycles. The highest BCUT2D eigenvalue weighted by molar-refractivity contribution is 9.10. The van der Waals surface area contributed by atoms with Crippen molar-refractivity contribution in [2.75, 3.05) is 18.8 Å². The zero-order valence-corrected chi connectivity index (χ0v) is 11.3. The van der Waals surface area contributed by atoms with E-state index in [9.17, 15) is 0 Å². The molecule has 84 valence electrons. The van der Waals surface area contributed by atoms with Crippen LogP contribution >= 0.6 is 27.7 Å². The van der Waals surface area contributed by atoms with E-state index in [2.05, 4.69) is 39.5 Å². The first-order valence-corrected chi connectivity index (χ1v) is 7.20. The Bertz CT molecular complexity index is 315. The van der Waals surface area contributed by atoms with Gasteiger partial charge in [-0.15, -0.1) is 0 Å². The summed E-state index contributed by atoms with van der Waals surface area (Å²) >= 11 is 5.43. The second-order valence-corrected chi connectivity index (χ2v) is 6.03. The predicted octanol–water partition coefficient (Wildman–Crippen LogP) is 3.37. The van der Waals surface area contributed by atoms with Gasteiger partial charge in [0, 0.05) is 24.1 Å². The van der Waals surface area contributed by atoms with Crippen molar-refractivity contribution in [2.45, 2.75) is 25.1 Å². The molecule has 1 aliphatic rings. The minimum atomic E-state index is 0.803. The Morgan fingerprint density at radius 2 is 2.47 bits per heavy atom. The molecule has 0 radical (unpaired) electrons. The smallest absolute Gasteiger partial charge is 0.169 e. The number of thioether (sulfide) groups is 1. The quantitative estimate of drug-likeness (QED) is 0.849. The van der Waals surface area contributed by atoms with E-state index in [4.69, 9.17) is 4.42 Å². The van der Waals surface area contributed by atoms with Gasteiger partial charge in [0.25, 0.3) is 0 Å². The van der Waals surface area contributed by atoms with Gasteiger partial charge in [-0.2, -0.15) is 11.8 Å². The molecule has 0 N–H and O–H groups in total. The number of furan rings is 1. The summed E-state index contributed by atoms with van der Waals surface area (Å²) in [6.45, 7) is 5.59. The van der Waals surface area contributed by atoms with Crippen molar-refractivity contribution < 1.29 is 4.42 Å². The second kappa shape index (κ2) is 5.41. The topological polar surface area (TPSA) is 16.4 Å². The predicted molar refractivity (Wildman–Crippen MR) is 68.2 cm³/mol. The summed E-state index contributed by atoms with van der Waals surface area (Å²) in [5.41, 5.74) is 0. The molecule has 1 unspecified atom stereocenters. The minimum absolute atomic E-state index is 0.803. The van der Waals surface area contributed by atoms with E-state index in [1.54, 1.807) is 0 Å². The maximum Gasteiger partial charge on any atom is 0.169 e. The zero-order chi connectivity index (χ0) is 10.7. The van der Waals surface area contributed by atoms with Crippen LogP contribution in [0.5, 0.6) is 0 Å². The lowest BCUT2D eigenvalue weighted by atomic mass is 10.3. The Hall–Kier alpha value is 0.0700. The summed E-state index contributed by atoms with van der Waals surface area (Å²) in [6, 6.07) is 4.01. The van der Waals surface area contributed by atoms with E-state index in [0.717, 1.165) is 22.2 Å². The lowest BCUT2D eigenvalue weighted by molar-refractivity contribution is 0.249. The highest BCUT2D eigenvalue weighted by atomic mass is 79.9. The molecule has 0 aliphatic carbocycles. The van der Waals surface area contributed by atoms with E-state index in [-0.39, 0.29) is 0 Å². The number of rotatable bonds is 3. The average molecular weight is 290 g/mol. The summed E-state index contributed by atoms with van der Waals surface area (Å²) in [7, 11) is 0. The van der Waals surface area contributed by atoms with Crippen molar-refractivity contribution in [1.82, 2.24) is 4.90 Å². The molecule has 1 atom stereocenters. The Labute approximate surface area is 104 Å². The molecule has 1 aromatic heterocycles. The highest BCUT2D eigenvalue weighted by Gasteiger charge is 2.19. The summed E-state index contributed by atoms with van der Waals surface area (Å²) in [5, 5.41) is 0.803. The Morgan fingerprint density at radius 1 is 1.60 bits per heavy atom. The van der Waals surface area contributed by atoms with Gasteiger partial charge in [-0.1, -0.05) is 6.92 Å². The maximum absolute atomic E-state index is 5.52. The third-order valence-corrected chi connectivity index (χ3v) is 4.48. The molecule has 0 saturated carbocycles. The van der Waals surface area contributed by atoms with Gasteiger partial charge in [-0.3, -0.25) is 4.90 Å². The Morgan fingerprint density at radius 3 is 3.13 bits per heavy atom. The number of nitrogens with zero attached hydrogens (tertiary/aromatic N) is 1. The van der Waals surface area contributed by atoms with Crippen LogP contribution in [-0.2, 0) is 6.54 Å². The van der Waals surface area contributed by atoms with Crippen LogP contribution in [0.2, 0.25) is 0 Å². The van der Waals surface area contributed by atoms with Gasteiger partial charge in [-0.25, -0.2) is 0 Å². The van der Waals surface area contributed by atoms with Crippen molar-refractivity contribution in [3.63, 3.8) is 0 Å². The van der Waals surface area contributed by atoms with Crippen LogP contribution in [0.15, 0.2) is 21.2 Å². The third kappa shape index (κ3) is 3.26. The van der Waals surface area contributed by atoms with Crippen LogP contribution in [0.1, 0.15) is 19.1 Å². The fourth-order valence-corrected chi connectivity index (χ4v) is 3.42. The summed E-state index contributed by atoms with van der Waals surface area (Å²) < 4.78 is 6.35. The van der Waals surface area contributed by atoms with E-state index >= 15 is 0 Å². The third-order valence-electron chi connectivity index (χ3n) is 2.69. The van der Waals surface area contributed by atoms with Gasteiger partial charge in [0.2, 0.25) is 0 Å². The molecule has 0 spiro atoms. The molecule has 0 aromatic carbocycles. The van der Waals surface area contributed by atoms with E-state index in [0.29, 0.717) is 0 Å². The number of halogens is 1. The van der Waals surface area contributed by atoms with Gasteiger partial charge in [0.1, 0.15) is 5.76 Å². The Balaban J connectivity index is 1.88. The SMILES string of the molecule is CCC1CN(Cc2ccc(Br)o2)CCS1. The molecule has 2 heterocycles. The highest BCUT2D eigenvalue weighted by Crippen LogP contribution is 2.23. The molecule has 4 heteroatoms. The molecule has 0 bridgehead atoms. The first kappa shape index (κ1) is 11.6. The number of hydrogen-bond donors (Lipinski definition) is 0. The lowest BCUT2D eigenvalue weighted by Crippen LogP contribution is -2.36. The summed E-state index contributed by atoms with van der Waals surface area (Å²) in [6.07, 6.45) is 1.27. The van der Waals surface area contributed by atoms with Gasteiger partial charge < -0.3 is 4.42 Å². The monoisotopic (exact) mass is 289 g/mol. The molecular formula is C11H16BrNOS. The van der Waals surface area contributed by atoms with Crippen LogP contribution in [0.4, 0.5) is 0 Å². The van der Waals surface area contributed by atoms with Gasteiger partial charge >= 0.3 is 0 Å². The maximum atomic E-state index is 5.52. The summed E-state index contributed by atoms with van der Waals surface area (Å²) in [5.74, 6) is 2.31. The lowest BCUT2D eigenvalue weighted by Gasteiger charge is -2.31. The van der Waals surface area contributed by atoms with E-state index < -0.39 is 0 Å². The standard InChI is InChI=1S/C11H16BrNOS/c1-2-10-8-13(5-6-15-10)7-9-3-4-11(12)14-9/h3-4,10H,2,5-8H2,1H3. The zero-order valence-electron chi connectivity index (χ0n) is 8.91. The van der Waals surface area contributed by atoms with Crippen molar-refractivity contribution in [3.05, 3.63) is 22.6 Å². The molecule has 1 fully saturated rings. The molecule has 1 aliphatic heterocycles.